The Morgan fingerprint density at radius 3 is 2.68 bits per heavy atom. The third-order valence-electron chi connectivity index (χ3n) is 5.44. The Morgan fingerprint density at radius 1 is 1.29 bits per heavy atom. The number of anilines is 2. The standard InChI is InChI=1S/C23H29ClFN5O/c1-5-7-18(8-6-2)29-23(31)15(4)28-20-14(3)26-13-27-22(20)30-10-9-16-11-17(24)12-19(25)21(16)30/h11-13,18H,5-10H2,1-4H3,(H,29,31). The Kier molecular flexibility index (Phi) is 7.59. The summed E-state index contributed by atoms with van der Waals surface area (Å²) >= 11 is 6.02. The molecule has 2 aromatic rings. The molecule has 0 aliphatic carbocycles. The van der Waals surface area contributed by atoms with Crippen LogP contribution >= 0.6 is 11.6 Å². The Hall–Kier alpha value is -2.54. The van der Waals surface area contributed by atoms with E-state index in [4.69, 9.17) is 11.6 Å². The fourth-order valence-electron chi connectivity index (χ4n) is 3.94. The van der Waals surface area contributed by atoms with Gasteiger partial charge < -0.3 is 10.2 Å². The van der Waals surface area contributed by atoms with Gasteiger partial charge in [0.25, 0.3) is 5.91 Å². The molecule has 0 fully saturated rings. The molecule has 2 heterocycles. The molecule has 31 heavy (non-hydrogen) atoms. The van der Waals surface area contributed by atoms with Crippen LogP contribution in [0.25, 0.3) is 0 Å². The number of amides is 1. The number of rotatable bonds is 8. The van der Waals surface area contributed by atoms with Crippen LogP contribution in [-0.4, -0.2) is 34.2 Å². The summed E-state index contributed by atoms with van der Waals surface area (Å²) < 4.78 is 14.7. The van der Waals surface area contributed by atoms with Gasteiger partial charge in [0, 0.05) is 17.6 Å². The number of aromatic nitrogens is 2. The molecule has 0 radical (unpaired) electrons. The smallest absolute Gasteiger partial charge is 0.265 e. The maximum Gasteiger partial charge on any atom is 0.265 e. The van der Waals surface area contributed by atoms with Crippen molar-refractivity contribution in [2.75, 3.05) is 11.4 Å². The van der Waals surface area contributed by atoms with Crippen LogP contribution in [0, 0.1) is 12.7 Å². The highest BCUT2D eigenvalue weighted by Gasteiger charge is 2.28. The lowest BCUT2D eigenvalue weighted by atomic mass is 10.1. The topological polar surface area (TPSA) is 70.5 Å². The summed E-state index contributed by atoms with van der Waals surface area (Å²) in [4.78, 5) is 27.8. The molecule has 166 valence electrons. The lowest BCUT2D eigenvalue weighted by Gasteiger charge is -2.21. The van der Waals surface area contributed by atoms with E-state index in [-0.39, 0.29) is 11.9 Å². The zero-order valence-corrected chi connectivity index (χ0v) is 19.3. The van der Waals surface area contributed by atoms with Crippen molar-refractivity contribution in [1.82, 2.24) is 15.3 Å². The Morgan fingerprint density at radius 2 is 2.00 bits per heavy atom. The normalized spacial score (nSPS) is 13.6. The minimum absolute atomic E-state index is 0.129. The van der Waals surface area contributed by atoms with E-state index in [1.165, 1.54) is 12.4 Å². The number of carbonyl (C=O) groups is 1. The summed E-state index contributed by atoms with van der Waals surface area (Å²) in [7, 11) is 0. The van der Waals surface area contributed by atoms with E-state index in [0.717, 1.165) is 31.2 Å². The minimum atomic E-state index is -0.400. The number of nitrogens with one attached hydrogen (secondary N) is 1. The molecule has 6 nitrogen and oxygen atoms in total. The van der Waals surface area contributed by atoms with Crippen LogP contribution in [-0.2, 0) is 11.2 Å². The number of fused-ring (bicyclic) bond motifs is 1. The van der Waals surface area contributed by atoms with E-state index in [1.807, 2.05) is 0 Å². The fourth-order valence-corrected chi connectivity index (χ4v) is 4.17. The van der Waals surface area contributed by atoms with Crippen LogP contribution in [0.2, 0.25) is 5.02 Å². The lowest BCUT2D eigenvalue weighted by Crippen LogP contribution is -2.38. The largest absolute Gasteiger partial charge is 0.348 e. The molecule has 1 N–H and O–H groups in total. The van der Waals surface area contributed by atoms with Crippen molar-refractivity contribution in [3.05, 3.63) is 40.6 Å². The van der Waals surface area contributed by atoms with Gasteiger partial charge in [-0.2, -0.15) is 0 Å². The lowest BCUT2D eigenvalue weighted by molar-refractivity contribution is -0.115. The van der Waals surface area contributed by atoms with Crippen LogP contribution in [0.15, 0.2) is 23.5 Å². The van der Waals surface area contributed by atoms with Crippen molar-refractivity contribution in [1.29, 1.82) is 0 Å². The van der Waals surface area contributed by atoms with Crippen LogP contribution in [0.3, 0.4) is 0 Å². The molecule has 8 heteroatoms. The van der Waals surface area contributed by atoms with Gasteiger partial charge in [0.05, 0.1) is 11.4 Å². The van der Waals surface area contributed by atoms with E-state index < -0.39 is 5.82 Å². The molecule has 0 atom stereocenters. The molecule has 1 aliphatic heterocycles. The van der Waals surface area contributed by atoms with E-state index in [1.54, 1.807) is 24.8 Å². The SMILES string of the molecule is CCCC(CCC)NC(=O)C(C)=Nc1c(C)ncnc1N1CCc2cc(Cl)cc(F)c21. The molecule has 0 saturated carbocycles. The Balaban J connectivity index is 1.94. The van der Waals surface area contributed by atoms with Crippen LogP contribution in [0.1, 0.15) is 57.7 Å². The maximum atomic E-state index is 14.7. The summed E-state index contributed by atoms with van der Waals surface area (Å²) in [6, 6.07) is 3.21. The maximum absolute atomic E-state index is 14.7. The van der Waals surface area contributed by atoms with Gasteiger partial charge in [-0.25, -0.2) is 19.4 Å². The zero-order chi connectivity index (χ0) is 22.5. The van der Waals surface area contributed by atoms with Gasteiger partial charge >= 0.3 is 0 Å². The molecule has 0 saturated heterocycles. The predicted molar refractivity (Wildman–Crippen MR) is 123 cm³/mol. The quantitative estimate of drug-likeness (QED) is 0.548. The second kappa shape index (κ2) is 10.2. The minimum Gasteiger partial charge on any atom is -0.348 e. The number of hydrogen-bond acceptors (Lipinski definition) is 5. The number of benzene rings is 1. The summed E-state index contributed by atoms with van der Waals surface area (Å²) in [5, 5.41) is 3.45. The van der Waals surface area contributed by atoms with Gasteiger partial charge in [-0.1, -0.05) is 38.3 Å². The van der Waals surface area contributed by atoms with Gasteiger partial charge in [0.1, 0.15) is 23.5 Å². The molecule has 3 rings (SSSR count). The highest BCUT2D eigenvalue weighted by Crippen LogP contribution is 2.41. The second-order valence-corrected chi connectivity index (χ2v) is 8.31. The molecule has 0 bridgehead atoms. The van der Waals surface area contributed by atoms with Crippen molar-refractivity contribution in [2.24, 2.45) is 4.99 Å². The first kappa shape index (κ1) is 23.1. The average Bonchev–Trinajstić information content (AvgIpc) is 3.13. The van der Waals surface area contributed by atoms with E-state index in [9.17, 15) is 9.18 Å². The monoisotopic (exact) mass is 445 g/mol. The summed E-state index contributed by atoms with van der Waals surface area (Å²) in [5.74, 6) is -0.123. The average molecular weight is 446 g/mol. The van der Waals surface area contributed by atoms with E-state index in [2.05, 4.69) is 34.1 Å². The number of hydrogen-bond donors (Lipinski definition) is 1. The second-order valence-electron chi connectivity index (χ2n) is 7.87. The Labute approximate surface area is 188 Å². The van der Waals surface area contributed by atoms with Crippen LogP contribution < -0.4 is 10.2 Å². The summed E-state index contributed by atoms with van der Waals surface area (Å²) in [6.07, 6.45) is 5.94. The predicted octanol–water partition coefficient (Wildman–Crippen LogP) is 5.45. The molecule has 1 aliphatic rings. The summed E-state index contributed by atoms with van der Waals surface area (Å²) in [6.45, 7) is 8.24. The van der Waals surface area contributed by atoms with Gasteiger partial charge in [0.2, 0.25) is 0 Å². The number of aliphatic imine (C=N–C) groups is 1. The molecule has 1 amide bonds. The first-order chi connectivity index (χ1) is 14.8. The van der Waals surface area contributed by atoms with Crippen molar-refractivity contribution in [2.45, 2.75) is 65.8 Å². The molecular weight excluding hydrogens is 417 g/mol. The number of carbonyl (C=O) groups excluding carboxylic acids is 1. The summed E-state index contributed by atoms with van der Waals surface area (Å²) in [5.41, 5.74) is 2.70. The fraction of sp³-hybridized carbons (Fsp3) is 0.478. The van der Waals surface area contributed by atoms with E-state index in [0.29, 0.717) is 46.6 Å². The van der Waals surface area contributed by atoms with Gasteiger partial charge in [-0.15, -0.1) is 0 Å². The molecule has 0 unspecified atom stereocenters. The number of aryl methyl sites for hydroxylation is 1. The highest BCUT2D eigenvalue weighted by molar-refractivity contribution is 6.38. The molecular formula is C23H29ClFN5O. The van der Waals surface area contributed by atoms with Crippen molar-refractivity contribution in [3.63, 3.8) is 0 Å². The van der Waals surface area contributed by atoms with Crippen LogP contribution in [0.4, 0.5) is 21.6 Å². The van der Waals surface area contributed by atoms with Crippen molar-refractivity contribution in [3.8, 4) is 0 Å². The third kappa shape index (κ3) is 5.21. The first-order valence-corrected chi connectivity index (χ1v) is 11.2. The Bertz CT molecular complexity index is 988. The number of halogens is 2. The van der Waals surface area contributed by atoms with Crippen LogP contribution in [0.5, 0.6) is 0 Å². The van der Waals surface area contributed by atoms with Crippen molar-refractivity contribution >= 4 is 40.4 Å². The third-order valence-corrected chi connectivity index (χ3v) is 5.66. The number of nitrogens with zero attached hydrogens (tertiary/aromatic N) is 4. The van der Waals surface area contributed by atoms with E-state index >= 15 is 0 Å². The molecule has 1 aromatic carbocycles. The highest BCUT2D eigenvalue weighted by atomic mass is 35.5. The van der Waals surface area contributed by atoms with Gasteiger partial charge in [0.15, 0.2) is 5.82 Å². The molecule has 1 aromatic heterocycles. The molecule has 0 spiro atoms. The van der Waals surface area contributed by atoms with Gasteiger partial charge in [-0.3, -0.25) is 4.79 Å². The van der Waals surface area contributed by atoms with Crippen molar-refractivity contribution < 1.29 is 9.18 Å². The first-order valence-electron chi connectivity index (χ1n) is 10.8. The van der Waals surface area contributed by atoms with Gasteiger partial charge in [-0.05, 0) is 50.8 Å². The zero-order valence-electron chi connectivity index (χ0n) is 18.5.